The third-order valence-electron chi connectivity index (χ3n) is 7.44. The first-order valence-electron chi connectivity index (χ1n) is 18.9. The summed E-state index contributed by atoms with van der Waals surface area (Å²) >= 11 is 0. The SMILES string of the molecule is CCCC.CCCC.CCCC.CCCCOC(=O)C(C(C)=O)C(O)(CC(=O)OC1(CCC)OC(=O)CC(O)(CC=O)C(=O)O1)C(=O)OCCCC. The Hall–Kier alpha value is -3.39. The number of cyclic esters (lactones) is 2. The highest BCUT2D eigenvalue weighted by Crippen LogP contribution is 2.34. The van der Waals surface area contributed by atoms with Crippen molar-refractivity contribution in [3.8, 4) is 0 Å². The van der Waals surface area contributed by atoms with Gasteiger partial charge in [-0.2, -0.15) is 0 Å². The number of aldehydes is 1. The Morgan fingerprint density at radius 3 is 1.67 bits per heavy atom. The van der Waals surface area contributed by atoms with E-state index in [1.807, 2.05) is 6.92 Å². The van der Waals surface area contributed by atoms with Gasteiger partial charge in [0, 0.05) is 6.42 Å². The molecule has 0 aliphatic carbocycles. The lowest BCUT2D eigenvalue weighted by molar-refractivity contribution is -0.331. The lowest BCUT2D eigenvalue weighted by Gasteiger charge is -2.33. The number of rotatable bonds is 20. The maximum Gasteiger partial charge on any atom is 0.423 e. The zero-order valence-electron chi connectivity index (χ0n) is 33.5. The molecule has 4 unspecified atom stereocenters. The van der Waals surface area contributed by atoms with E-state index in [0.29, 0.717) is 25.7 Å². The van der Waals surface area contributed by atoms with Crippen LogP contribution in [0.1, 0.15) is 166 Å². The highest BCUT2D eigenvalue weighted by Gasteiger charge is 2.57. The predicted molar refractivity (Wildman–Crippen MR) is 193 cm³/mol. The first-order chi connectivity index (χ1) is 24.5. The molecule has 1 aliphatic rings. The van der Waals surface area contributed by atoms with Crippen LogP contribution < -0.4 is 0 Å². The Morgan fingerprint density at radius 1 is 0.788 bits per heavy atom. The monoisotopic (exact) mass is 748 g/mol. The molecule has 0 spiro atoms. The molecule has 52 heavy (non-hydrogen) atoms. The van der Waals surface area contributed by atoms with Crippen molar-refractivity contribution in [1.29, 1.82) is 0 Å². The molecule has 1 heterocycles. The standard InChI is InChI=1S/C26H38O14.3C4H10/c1-5-8-13-36-21(31)20(17(4)28)25(35,23(33)37-14-9-6-2)16-19(30)39-26(10-7-3)38-18(29)15-24(34,11-12-27)22(32)40-26;3*1-3-4-2/h12,20,34-35H,5-11,13-16H2,1-4H3;3*3-4H2,1-2H3. The van der Waals surface area contributed by atoms with Crippen molar-refractivity contribution >= 4 is 41.9 Å². The van der Waals surface area contributed by atoms with Crippen molar-refractivity contribution in [2.75, 3.05) is 13.2 Å². The molecule has 1 aliphatic heterocycles. The third kappa shape index (κ3) is 20.6. The van der Waals surface area contributed by atoms with E-state index in [9.17, 15) is 43.8 Å². The normalized spacial score (nSPS) is 19.4. The number of hydrogen-bond acceptors (Lipinski definition) is 14. The van der Waals surface area contributed by atoms with E-state index < -0.39 is 84.4 Å². The molecule has 14 heteroatoms. The molecular formula is C38H68O14. The van der Waals surface area contributed by atoms with E-state index in [1.165, 1.54) is 38.5 Å². The number of carbonyl (C=O) groups is 7. The highest BCUT2D eigenvalue weighted by atomic mass is 16.9. The van der Waals surface area contributed by atoms with Gasteiger partial charge in [0.25, 0.3) is 0 Å². The van der Waals surface area contributed by atoms with Crippen LogP contribution in [0, 0.1) is 5.92 Å². The van der Waals surface area contributed by atoms with Crippen molar-refractivity contribution in [2.24, 2.45) is 5.92 Å². The number of carbonyl (C=O) groups excluding carboxylic acids is 7. The number of hydrogen-bond donors (Lipinski definition) is 2. The molecule has 0 amide bonds. The largest absolute Gasteiger partial charge is 0.465 e. The van der Waals surface area contributed by atoms with Crippen molar-refractivity contribution in [2.45, 2.75) is 183 Å². The lowest BCUT2D eigenvalue weighted by Crippen LogP contribution is -2.56. The van der Waals surface area contributed by atoms with Crippen molar-refractivity contribution in [3.63, 3.8) is 0 Å². The van der Waals surface area contributed by atoms with Gasteiger partial charge in [0.1, 0.15) is 12.1 Å². The number of esters is 5. The van der Waals surface area contributed by atoms with E-state index in [-0.39, 0.29) is 25.9 Å². The maximum absolute atomic E-state index is 13.1. The van der Waals surface area contributed by atoms with Crippen LogP contribution in [0.2, 0.25) is 0 Å². The number of unbranched alkanes of at least 4 members (excludes halogenated alkanes) is 5. The molecule has 304 valence electrons. The zero-order valence-corrected chi connectivity index (χ0v) is 33.5. The minimum Gasteiger partial charge on any atom is -0.465 e. The topological polar surface area (TPSA) is 206 Å². The van der Waals surface area contributed by atoms with Gasteiger partial charge in [0.2, 0.25) is 0 Å². The Labute approximate surface area is 311 Å². The summed E-state index contributed by atoms with van der Waals surface area (Å²) in [7, 11) is 0. The zero-order chi connectivity index (χ0) is 40.8. The predicted octanol–water partition coefficient (Wildman–Crippen LogP) is 6.23. The van der Waals surface area contributed by atoms with Gasteiger partial charge in [0.15, 0.2) is 17.1 Å². The first kappa shape index (κ1) is 53.0. The second-order valence-electron chi connectivity index (χ2n) is 12.5. The molecule has 0 aromatic carbocycles. The molecule has 0 radical (unpaired) electrons. The van der Waals surface area contributed by atoms with Crippen LogP contribution in [0.15, 0.2) is 0 Å². The molecular weight excluding hydrogens is 680 g/mol. The Morgan fingerprint density at radius 2 is 1.27 bits per heavy atom. The quantitative estimate of drug-likeness (QED) is 0.0466. The highest BCUT2D eigenvalue weighted by molar-refractivity contribution is 6.05. The Bertz CT molecular complexity index is 1040. The fourth-order valence-corrected chi connectivity index (χ4v) is 3.83. The minimum absolute atomic E-state index is 0.0864. The van der Waals surface area contributed by atoms with Gasteiger partial charge in [-0.25, -0.2) is 9.59 Å². The van der Waals surface area contributed by atoms with Gasteiger partial charge in [-0.05, 0) is 26.2 Å². The lowest BCUT2D eigenvalue weighted by atomic mass is 9.81. The summed E-state index contributed by atoms with van der Waals surface area (Å²) in [4.78, 5) is 87.3. The average Bonchev–Trinajstić information content (AvgIpc) is 3.16. The summed E-state index contributed by atoms with van der Waals surface area (Å²) in [6.07, 6.45) is 6.58. The minimum atomic E-state index is -3.11. The second-order valence-corrected chi connectivity index (χ2v) is 12.5. The first-order valence-corrected chi connectivity index (χ1v) is 18.9. The van der Waals surface area contributed by atoms with Gasteiger partial charge < -0.3 is 38.7 Å². The smallest absolute Gasteiger partial charge is 0.423 e. The van der Waals surface area contributed by atoms with Gasteiger partial charge in [-0.3, -0.25) is 19.2 Å². The van der Waals surface area contributed by atoms with Crippen LogP contribution in [0.5, 0.6) is 0 Å². The molecule has 14 nitrogen and oxygen atoms in total. The van der Waals surface area contributed by atoms with Crippen LogP contribution >= 0.6 is 0 Å². The molecule has 1 rings (SSSR count). The van der Waals surface area contributed by atoms with Gasteiger partial charge >= 0.3 is 35.8 Å². The molecule has 0 aromatic heterocycles. The second kappa shape index (κ2) is 30.1. The number of Topliss-reactive ketones (excluding diaryl/α,β-unsaturated/α-hetero) is 1. The molecule has 4 atom stereocenters. The summed E-state index contributed by atoms with van der Waals surface area (Å²) in [5.41, 5.74) is -5.70. The number of ether oxygens (including phenoxy) is 5. The molecule has 0 aromatic rings. The van der Waals surface area contributed by atoms with E-state index in [0.717, 1.165) is 6.92 Å². The van der Waals surface area contributed by atoms with Crippen LogP contribution in [-0.2, 0) is 57.2 Å². The Balaban J connectivity index is -0.00000173. The molecule has 0 saturated carbocycles. The Kier molecular flexibility index (Phi) is 30.7. The van der Waals surface area contributed by atoms with Crippen molar-refractivity contribution < 1.29 is 67.5 Å². The number of aliphatic hydroxyl groups is 2. The summed E-state index contributed by atoms with van der Waals surface area (Å²) < 4.78 is 25.3. The summed E-state index contributed by atoms with van der Waals surface area (Å²) in [5.74, 6) is -13.0. The van der Waals surface area contributed by atoms with Crippen LogP contribution in [0.3, 0.4) is 0 Å². The van der Waals surface area contributed by atoms with Crippen molar-refractivity contribution in [1.82, 2.24) is 0 Å². The molecule has 2 N–H and O–H groups in total. The molecule has 1 fully saturated rings. The summed E-state index contributed by atoms with van der Waals surface area (Å²) in [6, 6.07) is 0. The van der Waals surface area contributed by atoms with Crippen LogP contribution in [-0.4, -0.2) is 82.5 Å². The van der Waals surface area contributed by atoms with Gasteiger partial charge in [0.05, 0.1) is 32.5 Å². The van der Waals surface area contributed by atoms with Crippen molar-refractivity contribution in [3.05, 3.63) is 0 Å². The fourth-order valence-electron chi connectivity index (χ4n) is 3.83. The van der Waals surface area contributed by atoms with E-state index in [2.05, 4.69) is 41.5 Å². The molecule has 1 saturated heterocycles. The third-order valence-corrected chi connectivity index (χ3v) is 7.44. The fraction of sp³-hybridized carbons (Fsp3) is 0.816. The summed E-state index contributed by atoms with van der Waals surface area (Å²) in [5, 5.41) is 21.8. The van der Waals surface area contributed by atoms with Crippen LogP contribution in [0.4, 0.5) is 0 Å². The van der Waals surface area contributed by atoms with Gasteiger partial charge in [-0.1, -0.05) is 114 Å². The summed E-state index contributed by atoms with van der Waals surface area (Å²) in [6.45, 7) is 18.8. The van der Waals surface area contributed by atoms with Gasteiger partial charge in [-0.15, -0.1) is 0 Å². The van der Waals surface area contributed by atoms with E-state index in [4.69, 9.17) is 23.7 Å². The maximum atomic E-state index is 13.1. The van der Waals surface area contributed by atoms with E-state index >= 15 is 0 Å². The van der Waals surface area contributed by atoms with E-state index in [1.54, 1.807) is 13.8 Å². The van der Waals surface area contributed by atoms with Crippen LogP contribution in [0.25, 0.3) is 0 Å². The number of ketones is 1. The average molecular weight is 749 g/mol. The molecule has 0 bridgehead atoms.